The predicted molar refractivity (Wildman–Crippen MR) is 77.0 cm³/mol. The molecule has 0 radical (unpaired) electrons. The molecule has 4 nitrogen and oxygen atoms in total. The number of rotatable bonds is 3. The van der Waals surface area contributed by atoms with Gasteiger partial charge in [-0.3, -0.25) is 9.67 Å². The van der Waals surface area contributed by atoms with Crippen LogP contribution >= 0.6 is 0 Å². The van der Waals surface area contributed by atoms with E-state index in [-0.39, 0.29) is 0 Å². The molecule has 96 valence electrons. The number of hydrogen-bond acceptors (Lipinski definition) is 3. The van der Waals surface area contributed by atoms with Crippen LogP contribution in [0.25, 0.3) is 10.9 Å². The van der Waals surface area contributed by atoms with Gasteiger partial charge in [-0.05, 0) is 30.7 Å². The zero-order valence-corrected chi connectivity index (χ0v) is 11.1. The Hall–Kier alpha value is -2.36. The first kappa shape index (κ1) is 11.7. The number of hydrogen-bond donors (Lipinski definition) is 1. The molecule has 1 N–H and O–H groups in total. The molecule has 0 saturated heterocycles. The zero-order chi connectivity index (χ0) is 13.2. The van der Waals surface area contributed by atoms with E-state index in [0.29, 0.717) is 0 Å². The number of nitrogens with one attached hydrogen (secondary N) is 1. The number of anilines is 1. The normalized spacial score (nSPS) is 10.8. The summed E-state index contributed by atoms with van der Waals surface area (Å²) in [5.41, 5.74) is 4.37. The first-order chi connectivity index (χ1) is 9.22. The molecule has 0 bridgehead atoms. The summed E-state index contributed by atoms with van der Waals surface area (Å²) in [6.45, 7) is 2.80. The second-order valence-electron chi connectivity index (χ2n) is 4.69. The van der Waals surface area contributed by atoms with Gasteiger partial charge in [-0.15, -0.1) is 0 Å². The Labute approximate surface area is 112 Å². The van der Waals surface area contributed by atoms with Gasteiger partial charge in [-0.25, -0.2) is 0 Å². The van der Waals surface area contributed by atoms with Gasteiger partial charge in [0, 0.05) is 31.4 Å². The lowest BCUT2D eigenvalue weighted by atomic mass is 10.1. The van der Waals surface area contributed by atoms with Crippen molar-refractivity contribution in [1.82, 2.24) is 14.8 Å². The molecular weight excluding hydrogens is 236 g/mol. The van der Waals surface area contributed by atoms with Gasteiger partial charge < -0.3 is 5.32 Å². The largest absolute Gasteiger partial charge is 0.378 e. The van der Waals surface area contributed by atoms with Crippen LogP contribution in [0.2, 0.25) is 0 Å². The Kier molecular flexibility index (Phi) is 2.91. The van der Waals surface area contributed by atoms with Crippen LogP contribution in [0.3, 0.4) is 0 Å². The maximum absolute atomic E-state index is 4.32. The van der Waals surface area contributed by atoms with Crippen LogP contribution in [0.4, 0.5) is 5.69 Å². The fourth-order valence-corrected chi connectivity index (χ4v) is 2.21. The lowest BCUT2D eigenvalue weighted by Gasteiger charge is -2.06. The van der Waals surface area contributed by atoms with Crippen LogP contribution in [0, 0.1) is 6.92 Å². The van der Waals surface area contributed by atoms with E-state index < -0.39 is 0 Å². The summed E-state index contributed by atoms with van der Waals surface area (Å²) >= 11 is 0. The highest BCUT2D eigenvalue weighted by molar-refractivity contribution is 5.78. The van der Waals surface area contributed by atoms with E-state index in [4.69, 9.17) is 0 Å². The molecule has 0 unspecified atom stereocenters. The third-order valence-corrected chi connectivity index (χ3v) is 3.16. The predicted octanol–water partition coefficient (Wildman–Crippen LogP) is 2.89. The minimum Gasteiger partial charge on any atom is -0.378 e. The van der Waals surface area contributed by atoms with Gasteiger partial charge in [-0.2, -0.15) is 5.10 Å². The third-order valence-electron chi connectivity index (χ3n) is 3.16. The van der Waals surface area contributed by atoms with E-state index in [9.17, 15) is 0 Å². The van der Waals surface area contributed by atoms with E-state index in [1.54, 1.807) is 0 Å². The maximum atomic E-state index is 4.32. The number of benzene rings is 1. The highest BCUT2D eigenvalue weighted by atomic mass is 15.3. The standard InChI is InChI=1S/C15H16N4/c1-11-15(10-19(2)18-11)17-9-12-5-6-14-13(8-12)4-3-7-16-14/h3-8,10,17H,9H2,1-2H3. The number of aryl methyl sites for hydroxylation is 2. The van der Waals surface area contributed by atoms with Crippen molar-refractivity contribution in [3.63, 3.8) is 0 Å². The molecule has 3 rings (SSSR count). The molecule has 0 fully saturated rings. The summed E-state index contributed by atoms with van der Waals surface area (Å²) in [6.07, 6.45) is 3.82. The van der Waals surface area contributed by atoms with Crippen LogP contribution in [0.1, 0.15) is 11.3 Å². The maximum Gasteiger partial charge on any atom is 0.0825 e. The SMILES string of the molecule is Cc1nn(C)cc1NCc1ccc2ncccc2c1. The van der Waals surface area contributed by atoms with Crippen molar-refractivity contribution in [2.24, 2.45) is 7.05 Å². The Morgan fingerprint density at radius 2 is 2.16 bits per heavy atom. The number of nitrogens with zero attached hydrogens (tertiary/aromatic N) is 3. The average molecular weight is 252 g/mol. The molecule has 0 saturated carbocycles. The van der Waals surface area contributed by atoms with Crippen molar-refractivity contribution in [2.75, 3.05) is 5.32 Å². The Morgan fingerprint density at radius 1 is 1.26 bits per heavy atom. The van der Waals surface area contributed by atoms with Gasteiger partial charge in [-0.1, -0.05) is 12.1 Å². The highest BCUT2D eigenvalue weighted by Gasteiger charge is 2.02. The molecule has 0 aliphatic rings. The van der Waals surface area contributed by atoms with E-state index in [2.05, 4.69) is 39.7 Å². The average Bonchev–Trinajstić information content (AvgIpc) is 2.74. The molecule has 0 spiro atoms. The van der Waals surface area contributed by atoms with Crippen molar-refractivity contribution >= 4 is 16.6 Å². The molecule has 0 amide bonds. The first-order valence-corrected chi connectivity index (χ1v) is 6.30. The summed E-state index contributed by atoms with van der Waals surface area (Å²) in [5.74, 6) is 0. The second kappa shape index (κ2) is 4.72. The monoisotopic (exact) mass is 252 g/mol. The van der Waals surface area contributed by atoms with Crippen molar-refractivity contribution in [2.45, 2.75) is 13.5 Å². The molecule has 2 heterocycles. The molecule has 2 aromatic heterocycles. The van der Waals surface area contributed by atoms with Gasteiger partial charge in [0.2, 0.25) is 0 Å². The molecule has 19 heavy (non-hydrogen) atoms. The summed E-state index contributed by atoms with van der Waals surface area (Å²) in [7, 11) is 1.93. The Bertz CT molecular complexity index is 715. The van der Waals surface area contributed by atoms with E-state index >= 15 is 0 Å². The Morgan fingerprint density at radius 3 is 2.95 bits per heavy atom. The molecule has 1 aromatic carbocycles. The van der Waals surface area contributed by atoms with Gasteiger partial charge in [0.05, 0.1) is 16.9 Å². The first-order valence-electron chi connectivity index (χ1n) is 6.30. The lowest BCUT2D eigenvalue weighted by molar-refractivity contribution is 0.756. The number of fused-ring (bicyclic) bond motifs is 1. The minimum atomic E-state index is 0.789. The molecule has 0 aliphatic carbocycles. The summed E-state index contributed by atoms with van der Waals surface area (Å²) in [5, 5.41) is 8.90. The smallest absolute Gasteiger partial charge is 0.0825 e. The van der Waals surface area contributed by atoms with Crippen LogP contribution in [0.15, 0.2) is 42.7 Å². The van der Waals surface area contributed by atoms with Crippen molar-refractivity contribution < 1.29 is 0 Å². The molecule has 3 aromatic rings. The fourth-order valence-electron chi connectivity index (χ4n) is 2.21. The van der Waals surface area contributed by atoms with Gasteiger partial charge in [0.25, 0.3) is 0 Å². The van der Waals surface area contributed by atoms with Gasteiger partial charge in [0.15, 0.2) is 0 Å². The highest BCUT2D eigenvalue weighted by Crippen LogP contribution is 2.16. The number of aromatic nitrogens is 3. The van der Waals surface area contributed by atoms with Crippen molar-refractivity contribution in [3.05, 3.63) is 54.0 Å². The third kappa shape index (κ3) is 2.42. The van der Waals surface area contributed by atoms with Crippen molar-refractivity contribution in [1.29, 1.82) is 0 Å². The van der Waals surface area contributed by atoms with Gasteiger partial charge >= 0.3 is 0 Å². The van der Waals surface area contributed by atoms with E-state index in [1.807, 2.05) is 37.1 Å². The molecule has 0 aliphatic heterocycles. The fraction of sp³-hybridized carbons (Fsp3) is 0.200. The summed E-state index contributed by atoms with van der Waals surface area (Å²) in [6, 6.07) is 10.4. The minimum absolute atomic E-state index is 0.789. The zero-order valence-electron chi connectivity index (χ0n) is 11.1. The van der Waals surface area contributed by atoms with E-state index in [0.717, 1.165) is 23.4 Å². The molecule has 0 atom stereocenters. The van der Waals surface area contributed by atoms with Gasteiger partial charge in [0.1, 0.15) is 0 Å². The summed E-state index contributed by atoms with van der Waals surface area (Å²) in [4.78, 5) is 4.32. The quantitative estimate of drug-likeness (QED) is 0.779. The summed E-state index contributed by atoms with van der Waals surface area (Å²) < 4.78 is 1.82. The topological polar surface area (TPSA) is 42.7 Å². The number of pyridine rings is 1. The van der Waals surface area contributed by atoms with Crippen LogP contribution < -0.4 is 5.32 Å². The molecular formula is C15H16N4. The van der Waals surface area contributed by atoms with Crippen molar-refractivity contribution in [3.8, 4) is 0 Å². The second-order valence-corrected chi connectivity index (χ2v) is 4.69. The Balaban J connectivity index is 1.80. The van der Waals surface area contributed by atoms with Crippen LogP contribution in [-0.4, -0.2) is 14.8 Å². The lowest BCUT2D eigenvalue weighted by Crippen LogP contribution is -1.99. The van der Waals surface area contributed by atoms with Crippen LogP contribution in [0.5, 0.6) is 0 Å². The molecule has 4 heteroatoms. The van der Waals surface area contributed by atoms with E-state index in [1.165, 1.54) is 10.9 Å². The van der Waals surface area contributed by atoms with Crippen LogP contribution in [-0.2, 0) is 13.6 Å².